The van der Waals surface area contributed by atoms with E-state index in [2.05, 4.69) is 0 Å². The van der Waals surface area contributed by atoms with Gasteiger partial charge in [0.15, 0.2) is 5.43 Å². The SMILES string of the molecule is Cc1cc(C)c2c(=O)c3c(oc2c1)C(=O)N(CCCO)C3c1ccc(Cl)c(Cl)c1. The number of fused-ring (bicyclic) bond motifs is 2. The van der Waals surface area contributed by atoms with Gasteiger partial charge in [0, 0.05) is 13.2 Å². The maximum Gasteiger partial charge on any atom is 0.290 e. The van der Waals surface area contributed by atoms with Crippen LogP contribution < -0.4 is 5.43 Å². The highest BCUT2D eigenvalue weighted by Crippen LogP contribution is 2.40. The predicted octanol–water partition coefficient (Wildman–Crippen LogP) is 4.64. The van der Waals surface area contributed by atoms with Crippen molar-refractivity contribution in [2.75, 3.05) is 13.2 Å². The van der Waals surface area contributed by atoms with Crippen LogP contribution in [0.3, 0.4) is 0 Å². The first kappa shape index (κ1) is 20.0. The first-order chi connectivity index (χ1) is 13.8. The molecule has 1 N–H and O–H groups in total. The molecule has 1 amide bonds. The van der Waals surface area contributed by atoms with E-state index in [0.29, 0.717) is 38.6 Å². The Hall–Kier alpha value is -2.34. The summed E-state index contributed by atoms with van der Waals surface area (Å²) in [6.45, 7) is 3.97. The number of aliphatic hydroxyl groups is 1. The van der Waals surface area contributed by atoms with Crippen LogP contribution >= 0.6 is 23.2 Å². The quantitative estimate of drug-likeness (QED) is 0.652. The lowest BCUT2D eigenvalue weighted by Crippen LogP contribution is -2.31. The molecule has 5 nitrogen and oxygen atoms in total. The second-order valence-corrected chi connectivity index (χ2v) is 8.10. The Balaban J connectivity index is 2.01. The lowest BCUT2D eigenvalue weighted by atomic mass is 9.97. The molecule has 1 aromatic heterocycles. The number of benzene rings is 2. The molecule has 0 bridgehead atoms. The third-order valence-electron chi connectivity index (χ3n) is 5.23. The van der Waals surface area contributed by atoms with Crippen molar-refractivity contribution in [1.82, 2.24) is 4.90 Å². The Labute approximate surface area is 177 Å². The van der Waals surface area contributed by atoms with Gasteiger partial charge in [-0.2, -0.15) is 0 Å². The average molecular weight is 432 g/mol. The van der Waals surface area contributed by atoms with Crippen molar-refractivity contribution in [2.45, 2.75) is 26.3 Å². The predicted molar refractivity (Wildman–Crippen MR) is 113 cm³/mol. The summed E-state index contributed by atoms with van der Waals surface area (Å²) >= 11 is 12.3. The molecule has 0 saturated heterocycles. The lowest BCUT2D eigenvalue weighted by molar-refractivity contribution is 0.0716. The van der Waals surface area contributed by atoms with Crippen molar-refractivity contribution in [3.05, 3.63) is 78.6 Å². The Kier molecular flexibility index (Phi) is 5.15. The van der Waals surface area contributed by atoms with E-state index >= 15 is 0 Å². The van der Waals surface area contributed by atoms with E-state index in [4.69, 9.17) is 27.6 Å². The molecule has 0 radical (unpaired) electrons. The summed E-state index contributed by atoms with van der Waals surface area (Å²) in [6.07, 6.45) is 0.378. The summed E-state index contributed by atoms with van der Waals surface area (Å²) in [5, 5.41) is 10.5. The van der Waals surface area contributed by atoms with Crippen molar-refractivity contribution >= 4 is 40.1 Å². The minimum absolute atomic E-state index is 0.0431. The zero-order chi connectivity index (χ0) is 20.9. The van der Waals surface area contributed by atoms with E-state index < -0.39 is 6.04 Å². The molecular weight excluding hydrogens is 413 g/mol. The summed E-state index contributed by atoms with van der Waals surface area (Å²) in [4.78, 5) is 28.2. The minimum Gasteiger partial charge on any atom is -0.450 e. The Bertz CT molecular complexity index is 1200. The van der Waals surface area contributed by atoms with Crippen LogP contribution in [0.4, 0.5) is 0 Å². The topological polar surface area (TPSA) is 70.8 Å². The number of aryl methyl sites for hydroxylation is 2. The lowest BCUT2D eigenvalue weighted by Gasteiger charge is -2.25. The molecule has 1 atom stereocenters. The number of rotatable bonds is 4. The summed E-state index contributed by atoms with van der Waals surface area (Å²) < 4.78 is 5.96. The van der Waals surface area contributed by atoms with Gasteiger partial charge in [-0.1, -0.05) is 35.3 Å². The van der Waals surface area contributed by atoms with Gasteiger partial charge in [-0.3, -0.25) is 9.59 Å². The Morgan fingerprint density at radius 2 is 1.86 bits per heavy atom. The molecule has 2 aromatic carbocycles. The first-order valence-corrected chi connectivity index (χ1v) is 10.0. The highest BCUT2D eigenvalue weighted by atomic mass is 35.5. The highest BCUT2D eigenvalue weighted by Gasteiger charge is 2.42. The van der Waals surface area contributed by atoms with Gasteiger partial charge in [0.2, 0.25) is 5.76 Å². The van der Waals surface area contributed by atoms with Crippen molar-refractivity contribution < 1.29 is 14.3 Å². The average Bonchev–Trinajstić information content (AvgIpc) is 2.94. The van der Waals surface area contributed by atoms with Gasteiger partial charge in [0.1, 0.15) is 5.58 Å². The molecule has 1 aliphatic rings. The maximum absolute atomic E-state index is 13.5. The van der Waals surface area contributed by atoms with Crippen LogP contribution in [-0.2, 0) is 0 Å². The second-order valence-electron chi connectivity index (χ2n) is 7.28. The molecule has 2 heterocycles. The number of carbonyl (C=O) groups is 1. The summed E-state index contributed by atoms with van der Waals surface area (Å²) in [5.74, 6) is -0.329. The number of nitrogens with zero attached hydrogens (tertiary/aromatic N) is 1. The fourth-order valence-corrected chi connectivity index (χ4v) is 4.32. The van der Waals surface area contributed by atoms with Gasteiger partial charge in [-0.05, 0) is 55.2 Å². The van der Waals surface area contributed by atoms with Crippen LogP contribution in [0.1, 0.15) is 45.3 Å². The van der Waals surface area contributed by atoms with Gasteiger partial charge >= 0.3 is 0 Å². The largest absolute Gasteiger partial charge is 0.450 e. The standard InChI is InChI=1S/C22H19Cl2NO4/c1-11-8-12(2)17-16(9-11)29-21-18(20(17)27)19(25(22(21)28)6-3-7-26)13-4-5-14(23)15(24)10-13/h4-5,8-10,19,26H,3,6-7H2,1-2H3. The van der Waals surface area contributed by atoms with E-state index in [1.807, 2.05) is 19.9 Å². The van der Waals surface area contributed by atoms with Gasteiger partial charge in [0.05, 0.1) is 27.0 Å². The van der Waals surface area contributed by atoms with Crippen LogP contribution in [0.2, 0.25) is 10.0 Å². The van der Waals surface area contributed by atoms with E-state index in [9.17, 15) is 14.7 Å². The number of hydrogen-bond donors (Lipinski definition) is 1. The zero-order valence-electron chi connectivity index (χ0n) is 16.0. The van der Waals surface area contributed by atoms with Crippen LogP contribution in [0, 0.1) is 13.8 Å². The maximum atomic E-state index is 13.5. The smallest absolute Gasteiger partial charge is 0.290 e. The Morgan fingerprint density at radius 3 is 2.55 bits per heavy atom. The fraction of sp³-hybridized carbons (Fsp3) is 0.273. The highest BCUT2D eigenvalue weighted by molar-refractivity contribution is 6.42. The number of aliphatic hydroxyl groups excluding tert-OH is 1. The number of hydrogen-bond acceptors (Lipinski definition) is 4. The molecule has 150 valence electrons. The van der Waals surface area contributed by atoms with Crippen molar-refractivity contribution in [3.8, 4) is 0 Å². The fourth-order valence-electron chi connectivity index (χ4n) is 4.01. The third-order valence-corrected chi connectivity index (χ3v) is 5.97. The molecule has 7 heteroatoms. The van der Waals surface area contributed by atoms with E-state index in [-0.39, 0.29) is 30.2 Å². The minimum atomic E-state index is -0.653. The van der Waals surface area contributed by atoms with Crippen molar-refractivity contribution in [3.63, 3.8) is 0 Å². The molecule has 0 spiro atoms. The van der Waals surface area contributed by atoms with E-state index in [1.54, 1.807) is 29.2 Å². The van der Waals surface area contributed by atoms with Crippen LogP contribution in [0.5, 0.6) is 0 Å². The molecular formula is C22H19Cl2NO4. The summed E-state index contributed by atoms with van der Waals surface area (Å²) in [5.41, 5.74) is 2.88. The second kappa shape index (κ2) is 7.48. The number of carbonyl (C=O) groups excluding carboxylic acids is 1. The van der Waals surface area contributed by atoms with Gasteiger partial charge in [-0.25, -0.2) is 0 Å². The molecule has 0 fully saturated rings. The van der Waals surface area contributed by atoms with Gasteiger partial charge in [0.25, 0.3) is 5.91 Å². The monoisotopic (exact) mass is 431 g/mol. The molecule has 0 aliphatic carbocycles. The Morgan fingerprint density at radius 1 is 1.10 bits per heavy atom. The van der Waals surface area contributed by atoms with Crippen molar-refractivity contribution in [2.24, 2.45) is 0 Å². The van der Waals surface area contributed by atoms with E-state index in [1.165, 1.54) is 0 Å². The summed E-state index contributed by atoms with van der Waals surface area (Å²) in [7, 11) is 0. The number of halogens is 2. The molecule has 1 aliphatic heterocycles. The number of amides is 1. The van der Waals surface area contributed by atoms with Crippen LogP contribution in [0.15, 0.2) is 39.5 Å². The normalized spacial score (nSPS) is 16.0. The molecule has 29 heavy (non-hydrogen) atoms. The van der Waals surface area contributed by atoms with Crippen LogP contribution in [0.25, 0.3) is 11.0 Å². The molecule has 3 aromatic rings. The van der Waals surface area contributed by atoms with Crippen LogP contribution in [-0.4, -0.2) is 29.1 Å². The zero-order valence-corrected chi connectivity index (χ0v) is 17.5. The summed E-state index contributed by atoms with van der Waals surface area (Å²) in [6, 6.07) is 8.08. The van der Waals surface area contributed by atoms with Gasteiger partial charge < -0.3 is 14.4 Å². The third kappa shape index (κ3) is 3.23. The van der Waals surface area contributed by atoms with E-state index in [0.717, 1.165) is 11.1 Å². The molecule has 4 rings (SSSR count). The van der Waals surface area contributed by atoms with Gasteiger partial charge in [-0.15, -0.1) is 0 Å². The van der Waals surface area contributed by atoms with Crippen molar-refractivity contribution in [1.29, 1.82) is 0 Å². The molecule has 1 unspecified atom stereocenters. The first-order valence-electron chi connectivity index (χ1n) is 9.28. The molecule has 0 saturated carbocycles.